The van der Waals surface area contributed by atoms with Crippen LogP contribution in [0.3, 0.4) is 0 Å². The van der Waals surface area contributed by atoms with E-state index in [4.69, 9.17) is 15.8 Å². The smallest absolute Gasteiger partial charge is 0.241 e. The van der Waals surface area contributed by atoms with E-state index in [-0.39, 0.29) is 29.6 Å². The summed E-state index contributed by atoms with van der Waals surface area (Å²) in [6, 6.07) is 2.21. The number of aromatic nitrogens is 3. The zero-order valence-electron chi connectivity index (χ0n) is 23.4. The van der Waals surface area contributed by atoms with E-state index in [0.717, 1.165) is 74.5 Å². The molecule has 6 rings (SSSR count). The molecule has 1 saturated carbocycles. The van der Waals surface area contributed by atoms with Crippen molar-refractivity contribution in [2.75, 3.05) is 31.6 Å². The van der Waals surface area contributed by atoms with E-state index >= 15 is 0 Å². The van der Waals surface area contributed by atoms with E-state index in [1.165, 1.54) is 51.4 Å². The first-order valence-corrected chi connectivity index (χ1v) is 15.1. The molecule has 3 aliphatic heterocycles. The van der Waals surface area contributed by atoms with Gasteiger partial charge in [0.15, 0.2) is 5.65 Å². The molecule has 3 atom stereocenters. The predicted molar refractivity (Wildman–Crippen MR) is 150 cm³/mol. The predicted octanol–water partition coefficient (Wildman–Crippen LogP) is 3.71. The van der Waals surface area contributed by atoms with Crippen molar-refractivity contribution in [1.29, 1.82) is 0 Å². The first kappa shape index (κ1) is 26.0. The van der Waals surface area contributed by atoms with Crippen LogP contribution in [0.1, 0.15) is 101 Å². The zero-order valence-corrected chi connectivity index (χ0v) is 23.4. The number of piperidine rings is 1. The van der Waals surface area contributed by atoms with Crippen LogP contribution in [0.4, 0.5) is 5.82 Å². The van der Waals surface area contributed by atoms with Gasteiger partial charge >= 0.3 is 0 Å². The molecule has 5 heterocycles. The van der Waals surface area contributed by atoms with Gasteiger partial charge in [-0.2, -0.15) is 5.10 Å². The molecule has 9 nitrogen and oxygen atoms in total. The lowest BCUT2D eigenvalue weighted by molar-refractivity contribution is -0.140. The highest BCUT2D eigenvalue weighted by atomic mass is 16.2. The second-order valence-electron chi connectivity index (χ2n) is 12.5. The topological polar surface area (TPSA) is 95.0 Å². The average molecular weight is 523 g/mol. The maximum atomic E-state index is 14.1. The van der Waals surface area contributed by atoms with Crippen molar-refractivity contribution in [2.45, 2.75) is 114 Å². The van der Waals surface area contributed by atoms with Crippen molar-refractivity contribution in [2.24, 2.45) is 5.73 Å². The molecule has 1 aliphatic carbocycles. The average Bonchev–Trinajstić information content (AvgIpc) is 3.62. The summed E-state index contributed by atoms with van der Waals surface area (Å²) in [5.74, 6) is 1.27. The number of fused-ring (bicyclic) bond motifs is 1. The number of hydrogen-bond acceptors (Lipinski definition) is 7. The van der Waals surface area contributed by atoms with Gasteiger partial charge in [-0.05, 0) is 51.9 Å². The number of nitrogens with two attached hydrogens (primary N) is 1. The van der Waals surface area contributed by atoms with Crippen molar-refractivity contribution in [3.63, 3.8) is 0 Å². The van der Waals surface area contributed by atoms with Crippen LogP contribution in [0.5, 0.6) is 0 Å². The Hall–Kier alpha value is -2.23. The van der Waals surface area contributed by atoms with Crippen LogP contribution >= 0.6 is 0 Å². The standard InChI is InChI=1S/C29H46N8O/c1-21-19-37-26(31-27(21)35-16-12-22(30)20-35)17-23(32-37)24-11-7-10-15-36(24)28(38)25-18-29(33-34(25)2)13-8-5-3-4-6-9-14-29/h17,19,22,24-25,33H,3-16,18,20,30H2,1-2H3/t22-,24-,25?/m0/s1. The molecule has 3 N–H and O–H groups in total. The molecule has 1 spiro atoms. The van der Waals surface area contributed by atoms with Crippen molar-refractivity contribution in [1.82, 2.24) is 29.9 Å². The lowest BCUT2D eigenvalue weighted by atomic mass is 9.84. The van der Waals surface area contributed by atoms with Gasteiger partial charge in [-0.1, -0.05) is 38.5 Å². The molecule has 38 heavy (non-hydrogen) atoms. The third kappa shape index (κ3) is 5.05. The maximum absolute atomic E-state index is 14.1. The molecular weight excluding hydrogens is 476 g/mol. The largest absolute Gasteiger partial charge is 0.355 e. The minimum atomic E-state index is -0.111. The number of nitrogens with zero attached hydrogens (tertiary/aromatic N) is 6. The Morgan fingerprint density at radius 1 is 1.05 bits per heavy atom. The van der Waals surface area contributed by atoms with Crippen molar-refractivity contribution >= 4 is 17.4 Å². The summed E-state index contributed by atoms with van der Waals surface area (Å²) in [4.78, 5) is 23.6. The van der Waals surface area contributed by atoms with Crippen molar-refractivity contribution in [3.05, 3.63) is 23.5 Å². The first-order chi connectivity index (χ1) is 18.4. The van der Waals surface area contributed by atoms with E-state index in [2.05, 4.69) is 46.5 Å². The summed E-state index contributed by atoms with van der Waals surface area (Å²) in [6.45, 7) is 4.69. The normalized spacial score (nSPS) is 29.1. The van der Waals surface area contributed by atoms with Gasteiger partial charge in [0, 0.05) is 56.1 Å². The third-order valence-corrected chi connectivity index (χ3v) is 9.59. The molecule has 208 valence electrons. The first-order valence-electron chi connectivity index (χ1n) is 15.1. The zero-order chi connectivity index (χ0) is 26.3. The summed E-state index contributed by atoms with van der Waals surface area (Å²) in [5, 5.41) is 7.10. The summed E-state index contributed by atoms with van der Waals surface area (Å²) in [7, 11) is 2.08. The molecule has 0 bridgehead atoms. The van der Waals surface area contributed by atoms with E-state index < -0.39 is 0 Å². The highest BCUT2D eigenvalue weighted by Gasteiger charge is 2.47. The van der Waals surface area contributed by atoms with Gasteiger partial charge in [-0.3, -0.25) is 4.79 Å². The number of carbonyl (C=O) groups excluding carboxylic acids is 1. The van der Waals surface area contributed by atoms with Gasteiger partial charge in [0.05, 0.1) is 11.7 Å². The number of nitrogens with one attached hydrogen (secondary N) is 1. The van der Waals surface area contributed by atoms with Gasteiger partial charge < -0.3 is 15.5 Å². The van der Waals surface area contributed by atoms with Gasteiger partial charge in [-0.25, -0.2) is 19.9 Å². The van der Waals surface area contributed by atoms with E-state index in [1.807, 2.05) is 4.52 Å². The minimum Gasteiger partial charge on any atom is -0.355 e. The van der Waals surface area contributed by atoms with Crippen LogP contribution < -0.4 is 16.1 Å². The Bertz CT molecular complexity index is 1140. The summed E-state index contributed by atoms with van der Waals surface area (Å²) in [6.07, 6.45) is 17.3. The van der Waals surface area contributed by atoms with Crippen LogP contribution in [0, 0.1) is 6.92 Å². The van der Waals surface area contributed by atoms with Crippen LogP contribution in [-0.2, 0) is 4.79 Å². The number of carbonyl (C=O) groups is 1. The van der Waals surface area contributed by atoms with Crippen LogP contribution in [-0.4, -0.2) is 74.7 Å². The number of anilines is 1. The number of rotatable bonds is 3. The number of amides is 1. The minimum absolute atomic E-state index is 0.00685. The van der Waals surface area contributed by atoms with Crippen LogP contribution in [0.25, 0.3) is 5.65 Å². The molecule has 0 aromatic carbocycles. The maximum Gasteiger partial charge on any atom is 0.241 e. The monoisotopic (exact) mass is 522 g/mol. The number of aryl methyl sites for hydroxylation is 1. The molecule has 2 aromatic rings. The molecule has 4 fully saturated rings. The lowest BCUT2D eigenvalue weighted by Crippen LogP contribution is -2.50. The fourth-order valence-electron chi connectivity index (χ4n) is 7.51. The van der Waals surface area contributed by atoms with Gasteiger partial charge in [0.2, 0.25) is 5.91 Å². The Balaban J connectivity index is 1.23. The molecule has 1 amide bonds. The SMILES string of the molecule is Cc1cn2nc([C@@H]3CCCCN3C(=O)C3CC4(CCCCCCCC4)NN3C)cc2nc1N1CC[C@H](N)C1. The molecule has 1 unspecified atom stereocenters. The van der Waals surface area contributed by atoms with Gasteiger partial charge in [0.25, 0.3) is 0 Å². The Labute approximate surface area is 227 Å². The number of likely N-dealkylation sites (tertiary alicyclic amines) is 1. The number of hydrazine groups is 1. The molecule has 3 saturated heterocycles. The Morgan fingerprint density at radius 2 is 1.82 bits per heavy atom. The summed E-state index contributed by atoms with van der Waals surface area (Å²) >= 11 is 0. The number of likely N-dealkylation sites (N-methyl/N-ethyl adjacent to an activating group) is 1. The lowest BCUT2D eigenvalue weighted by Gasteiger charge is -2.37. The van der Waals surface area contributed by atoms with E-state index in [1.54, 1.807) is 0 Å². The second kappa shape index (κ2) is 10.7. The quantitative estimate of drug-likeness (QED) is 0.635. The highest BCUT2D eigenvalue weighted by Crippen LogP contribution is 2.38. The fraction of sp³-hybridized carbons (Fsp3) is 0.759. The van der Waals surface area contributed by atoms with Gasteiger partial charge in [-0.15, -0.1) is 0 Å². The summed E-state index contributed by atoms with van der Waals surface area (Å²) < 4.78 is 1.90. The highest BCUT2D eigenvalue weighted by molar-refractivity contribution is 5.83. The molecule has 4 aliphatic rings. The van der Waals surface area contributed by atoms with E-state index in [0.29, 0.717) is 0 Å². The van der Waals surface area contributed by atoms with Crippen molar-refractivity contribution < 1.29 is 4.79 Å². The third-order valence-electron chi connectivity index (χ3n) is 9.59. The summed E-state index contributed by atoms with van der Waals surface area (Å²) in [5.41, 5.74) is 13.0. The Morgan fingerprint density at radius 3 is 2.55 bits per heavy atom. The second-order valence-corrected chi connectivity index (χ2v) is 12.5. The van der Waals surface area contributed by atoms with Crippen molar-refractivity contribution in [3.8, 4) is 0 Å². The van der Waals surface area contributed by atoms with Gasteiger partial charge in [0.1, 0.15) is 11.9 Å². The van der Waals surface area contributed by atoms with Crippen LogP contribution in [0.2, 0.25) is 0 Å². The van der Waals surface area contributed by atoms with Crippen LogP contribution in [0.15, 0.2) is 12.3 Å². The van der Waals surface area contributed by atoms with E-state index in [9.17, 15) is 4.79 Å². The molecule has 9 heteroatoms. The fourth-order valence-corrected chi connectivity index (χ4v) is 7.51. The number of hydrogen-bond donors (Lipinski definition) is 2. The molecular formula is C29H46N8O. The molecule has 0 radical (unpaired) electrons. The Kier molecular flexibility index (Phi) is 7.35. The molecule has 2 aromatic heterocycles.